The van der Waals surface area contributed by atoms with Crippen molar-refractivity contribution in [1.82, 2.24) is 4.98 Å². The van der Waals surface area contributed by atoms with Gasteiger partial charge in [-0.1, -0.05) is 6.07 Å². The fourth-order valence-corrected chi connectivity index (χ4v) is 4.84. The van der Waals surface area contributed by atoms with Gasteiger partial charge in [0.1, 0.15) is 17.6 Å². The Morgan fingerprint density at radius 2 is 1.69 bits per heavy atom. The second-order valence-corrected chi connectivity index (χ2v) is 8.95. The first-order valence-electron chi connectivity index (χ1n) is 11.8. The number of amides is 1. The van der Waals surface area contributed by atoms with Crippen molar-refractivity contribution in [2.75, 3.05) is 22.9 Å². The van der Waals surface area contributed by atoms with E-state index in [1.807, 2.05) is 24.3 Å². The quantitative estimate of drug-likeness (QED) is 0.324. The maximum atomic E-state index is 13.8. The van der Waals surface area contributed by atoms with Crippen LogP contribution in [0.5, 0.6) is 0 Å². The molecule has 6 nitrogen and oxygen atoms in total. The normalized spacial score (nSPS) is 19.9. The predicted molar refractivity (Wildman–Crippen MR) is 133 cm³/mol. The third-order valence-electron chi connectivity index (χ3n) is 6.69. The zero-order valence-corrected chi connectivity index (χ0v) is 19.4. The van der Waals surface area contributed by atoms with Crippen molar-refractivity contribution in [2.24, 2.45) is 0 Å². The zero-order valence-electron chi connectivity index (χ0n) is 19.4. The number of aryl methyl sites for hydroxylation is 1. The van der Waals surface area contributed by atoms with Crippen LogP contribution < -0.4 is 9.80 Å². The molecule has 0 aliphatic carbocycles. The van der Waals surface area contributed by atoms with Gasteiger partial charge < -0.3 is 10.0 Å². The number of carbonyl (C=O) groups excluding carboxylic acids is 2. The first-order valence-corrected chi connectivity index (χ1v) is 11.8. The summed E-state index contributed by atoms with van der Waals surface area (Å²) in [5, 5.41) is 11.2. The number of Topliss-reactive ketones (excluding diaryl/α,β-unsaturated/α-hetero) is 1. The molecule has 3 aromatic rings. The molecule has 2 aliphatic heterocycles. The van der Waals surface area contributed by atoms with Crippen molar-refractivity contribution < 1.29 is 19.1 Å². The van der Waals surface area contributed by atoms with Gasteiger partial charge in [0, 0.05) is 36.2 Å². The van der Waals surface area contributed by atoms with Crippen LogP contribution in [-0.4, -0.2) is 34.9 Å². The van der Waals surface area contributed by atoms with Crippen LogP contribution in [-0.2, 0) is 9.59 Å². The molecular formula is C28H26FN3O3. The summed E-state index contributed by atoms with van der Waals surface area (Å²) in [6.45, 7) is 3.56. The number of hydrogen-bond acceptors (Lipinski definition) is 5. The second-order valence-electron chi connectivity index (χ2n) is 8.95. The molecule has 1 aromatic heterocycles. The number of piperidine rings is 1. The molecule has 178 valence electrons. The van der Waals surface area contributed by atoms with E-state index in [-0.39, 0.29) is 16.9 Å². The predicted octanol–water partition coefficient (Wildman–Crippen LogP) is 5.15. The molecule has 2 fully saturated rings. The smallest absolute Gasteiger partial charge is 0.300 e. The summed E-state index contributed by atoms with van der Waals surface area (Å²) >= 11 is 0. The lowest BCUT2D eigenvalue weighted by Crippen LogP contribution is -2.31. The van der Waals surface area contributed by atoms with Gasteiger partial charge in [0.25, 0.3) is 11.7 Å². The number of ketones is 1. The highest BCUT2D eigenvalue weighted by Gasteiger charge is 2.47. The van der Waals surface area contributed by atoms with E-state index in [1.165, 1.54) is 29.5 Å². The maximum Gasteiger partial charge on any atom is 0.300 e. The van der Waals surface area contributed by atoms with Gasteiger partial charge in [0.15, 0.2) is 0 Å². The lowest BCUT2D eigenvalue weighted by Gasteiger charge is -2.30. The van der Waals surface area contributed by atoms with E-state index >= 15 is 0 Å². The fourth-order valence-electron chi connectivity index (χ4n) is 4.84. The molecule has 0 bridgehead atoms. The molecule has 3 heterocycles. The van der Waals surface area contributed by atoms with Crippen LogP contribution in [0.4, 0.5) is 15.8 Å². The number of hydrogen-bond donors (Lipinski definition) is 1. The molecule has 0 spiro atoms. The second kappa shape index (κ2) is 9.33. The topological polar surface area (TPSA) is 73.7 Å². The molecule has 35 heavy (non-hydrogen) atoms. The minimum atomic E-state index is -0.914. The Morgan fingerprint density at radius 1 is 0.971 bits per heavy atom. The fraction of sp³-hybridized carbons (Fsp3) is 0.250. The lowest BCUT2D eigenvalue weighted by atomic mass is 9.97. The number of aromatic nitrogens is 1. The third kappa shape index (κ3) is 4.18. The Kier molecular flexibility index (Phi) is 6.07. The number of rotatable bonds is 4. The van der Waals surface area contributed by atoms with Crippen molar-refractivity contribution in [3.8, 4) is 0 Å². The van der Waals surface area contributed by atoms with Crippen LogP contribution in [0.3, 0.4) is 0 Å². The Balaban J connectivity index is 1.60. The Morgan fingerprint density at radius 3 is 2.34 bits per heavy atom. The van der Waals surface area contributed by atoms with Crippen molar-refractivity contribution in [3.05, 3.63) is 95.1 Å². The van der Waals surface area contributed by atoms with Gasteiger partial charge in [-0.15, -0.1) is 0 Å². The number of carbonyl (C=O) groups is 2. The van der Waals surface area contributed by atoms with Crippen LogP contribution in [0.2, 0.25) is 0 Å². The highest BCUT2D eigenvalue weighted by atomic mass is 19.1. The summed E-state index contributed by atoms with van der Waals surface area (Å²) in [5.74, 6) is -2.32. The minimum absolute atomic E-state index is 0.0696. The summed E-state index contributed by atoms with van der Waals surface area (Å²) in [7, 11) is 0. The van der Waals surface area contributed by atoms with Gasteiger partial charge >= 0.3 is 0 Å². The molecule has 0 saturated carbocycles. The van der Waals surface area contributed by atoms with Gasteiger partial charge in [0.2, 0.25) is 0 Å². The SMILES string of the molecule is Cc1cc(/C(O)=C2/C(=O)C(=O)N(c3ccc(N4CCCCC4)cc3)C2c2ccccn2)ccc1F. The van der Waals surface area contributed by atoms with E-state index in [2.05, 4.69) is 9.88 Å². The number of anilines is 2. The van der Waals surface area contributed by atoms with E-state index in [0.29, 0.717) is 16.9 Å². The average Bonchev–Trinajstić information content (AvgIpc) is 3.16. The van der Waals surface area contributed by atoms with Crippen LogP contribution in [0.15, 0.2) is 72.4 Å². The van der Waals surface area contributed by atoms with Gasteiger partial charge in [-0.05, 0) is 86.3 Å². The Bertz CT molecular complexity index is 1300. The van der Waals surface area contributed by atoms with Crippen molar-refractivity contribution in [1.29, 1.82) is 0 Å². The molecule has 7 heteroatoms. The molecule has 0 radical (unpaired) electrons. The van der Waals surface area contributed by atoms with E-state index < -0.39 is 23.5 Å². The minimum Gasteiger partial charge on any atom is -0.507 e. The number of benzene rings is 2. The van der Waals surface area contributed by atoms with Crippen LogP contribution in [0.1, 0.15) is 42.1 Å². The van der Waals surface area contributed by atoms with E-state index in [9.17, 15) is 19.1 Å². The third-order valence-corrected chi connectivity index (χ3v) is 6.69. The first-order chi connectivity index (χ1) is 17.0. The highest BCUT2D eigenvalue weighted by molar-refractivity contribution is 6.51. The number of aliphatic hydroxyl groups excluding tert-OH is 1. The summed E-state index contributed by atoms with van der Waals surface area (Å²) in [5.41, 5.74) is 2.58. The number of aliphatic hydroxyl groups is 1. The molecule has 1 amide bonds. The van der Waals surface area contributed by atoms with Gasteiger partial charge in [-0.3, -0.25) is 19.5 Å². The van der Waals surface area contributed by atoms with Crippen molar-refractivity contribution in [3.63, 3.8) is 0 Å². The number of pyridine rings is 1. The van der Waals surface area contributed by atoms with Crippen LogP contribution in [0.25, 0.3) is 5.76 Å². The molecule has 5 rings (SSSR count). The van der Waals surface area contributed by atoms with E-state index in [0.717, 1.165) is 31.6 Å². The van der Waals surface area contributed by atoms with Crippen molar-refractivity contribution in [2.45, 2.75) is 32.2 Å². The number of halogens is 1. The largest absolute Gasteiger partial charge is 0.507 e. The molecule has 1 unspecified atom stereocenters. The number of nitrogens with zero attached hydrogens (tertiary/aromatic N) is 3. The molecule has 2 saturated heterocycles. The Hall–Kier alpha value is -4.00. The summed E-state index contributed by atoms with van der Waals surface area (Å²) in [6, 6.07) is 16.0. The molecule has 1 atom stereocenters. The molecule has 2 aromatic carbocycles. The highest BCUT2D eigenvalue weighted by Crippen LogP contribution is 2.42. The standard InChI is InChI=1S/C28H26FN3O3/c1-18-17-19(8-13-22(18)29)26(33)24-25(23-7-3-4-14-30-23)32(28(35)27(24)34)21-11-9-20(10-12-21)31-15-5-2-6-16-31/h3-4,7-14,17,25,33H,2,5-6,15-16H2,1H3/b26-24-. The van der Waals surface area contributed by atoms with E-state index in [1.54, 1.807) is 31.3 Å². The summed E-state index contributed by atoms with van der Waals surface area (Å²) < 4.78 is 13.8. The van der Waals surface area contributed by atoms with Crippen LogP contribution in [0, 0.1) is 12.7 Å². The van der Waals surface area contributed by atoms with Gasteiger partial charge in [-0.2, -0.15) is 0 Å². The lowest BCUT2D eigenvalue weighted by molar-refractivity contribution is -0.132. The van der Waals surface area contributed by atoms with Gasteiger partial charge in [-0.25, -0.2) is 4.39 Å². The summed E-state index contributed by atoms with van der Waals surface area (Å²) in [6.07, 6.45) is 5.12. The molecular weight excluding hydrogens is 445 g/mol. The first kappa shape index (κ1) is 22.8. The zero-order chi connectivity index (χ0) is 24.5. The maximum absolute atomic E-state index is 13.8. The van der Waals surface area contributed by atoms with Gasteiger partial charge in [0.05, 0.1) is 11.3 Å². The summed E-state index contributed by atoms with van der Waals surface area (Å²) in [4.78, 5) is 34.6. The monoisotopic (exact) mass is 471 g/mol. The van der Waals surface area contributed by atoms with E-state index in [4.69, 9.17) is 0 Å². The molecule has 2 aliphatic rings. The van der Waals surface area contributed by atoms with Crippen LogP contribution >= 0.6 is 0 Å². The average molecular weight is 472 g/mol. The Labute approximate surface area is 203 Å². The molecule has 1 N–H and O–H groups in total. The van der Waals surface area contributed by atoms with Crippen molar-refractivity contribution >= 4 is 28.8 Å².